The third kappa shape index (κ3) is 5.47. The van der Waals surface area contributed by atoms with Gasteiger partial charge in [-0.05, 0) is 48.5 Å². The zero-order valence-corrected chi connectivity index (χ0v) is 15.3. The predicted octanol–water partition coefficient (Wildman–Crippen LogP) is 4.81. The van der Waals surface area contributed by atoms with Gasteiger partial charge in [0.2, 0.25) is 0 Å². The fourth-order valence-electron chi connectivity index (χ4n) is 2.37. The minimum atomic E-state index is 0.396. The SMILES string of the molecule is Nc1cccnc1N.c1ccc(Nc2cccnc2Nc2ccccc2)cc1. The molecule has 2 aromatic heterocycles. The van der Waals surface area contributed by atoms with Crippen LogP contribution in [-0.4, -0.2) is 9.97 Å². The summed E-state index contributed by atoms with van der Waals surface area (Å²) in [6, 6.07) is 27.4. The molecule has 140 valence electrons. The van der Waals surface area contributed by atoms with E-state index in [-0.39, 0.29) is 0 Å². The summed E-state index contributed by atoms with van der Waals surface area (Å²) in [5, 5.41) is 6.69. The first kappa shape index (κ1) is 18.7. The second kappa shape index (κ2) is 9.59. The summed E-state index contributed by atoms with van der Waals surface area (Å²) in [6.07, 6.45) is 3.38. The number of nitrogens with two attached hydrogens (primary N) is 2. The van der Waals surface area contributed by atoms with Crippen molar-refractivity contribution in [3.05, 3.63) is 97.3 Å². The van der Waals surface area contributed by atoms with Gasteiger partial charge < -0.3 is 22.1 Å². The van der Waals surface area contributed by atoms with Crippen molar-refractivity contribution in [1.82, 2.24) is 9.97 Å². The van der Waals surface area contributed by atoms with Gasteiger partial charge in [-0.2, -0.15) is 0 Å². The van der Waals surface area contributed by atoms with E-state index in [1.165, 1.54) is 0 Å². The summed E-state index contributed by atoms with van der Waals surface area (Å²) >= 11 is 0. The van der Waals surface area contributed by atoms with E-state index in [1.54, 1.807) is 24.5 Å². The van der Waals surface area contributed by atoms with Gasteiger partial charge in [-0.25, -0.2) is 9.97 Å². The molecule has 0 bridgehead atoms. The maximum absolute atomic E-state index is 5.33. The van der Waals surface area contributed by atoms with Crippen LogP contribution < -0.4 is 22.1 Å². The third-order valence-corrected chi connectivity index (χ3v) is 3.77. The summed E-state index contributed by atoms with van der Waals surface area (Å²) in [4.78, 5) is 8.13. The predicted molar refractivity (Wildman–Crippen MR) is 117 cm³/mol. The summed E-state index contributed by atoms with van der Waals surface area (Å²) in [7, 11) is 0. The Balaban J connectivity index is 0.000000236. The van der Waals surface area contributed by atoms with Crippen molar-refractivity contribution in [2.24, 2.45) is 0 Å². The van der Waals surface area contributed by atoms with Crippen molar-refractivity contribution in [1.29, 1.82) is 0 Å². The van der Waals surface area contributed by atoms with E-state index >= 15 is 0 Å². The van der Waals surface area contributed by atoms with Crippen molar-refractivity contribution in [3.8, 4) is 0 Å². The van der Waals surface area contributed by atoms with E-state index in [0.29, 0.717) is 11.5 Å². The molecular formula is C22H22N6. The summed E-state index contributed by atoms with van der Waals surface area (Å²) in [5.74, 6) is 1.20. The number of benzene rings is 2. The zero-order chi connectivity index (χ0) is 19.6. The van der Waals surface area contributed by atoms with Gasteiger partial charge in [0.15, 0.2) is 5.82 Å². The number of hydrogen-bond donors (Lipinski definition) is 4. The highest BCUT2D eigenvalue weighted by Gasteiger charge is 2.03. The van der Waals surface area contributed by atoms with Gasteiger partial charge >= 0.3 is 0 Å². The number of hydrogen-bond acceptors (Lipinski definition) is 6. The van der Waals surface area contributed by atoms with E-state index < -0.39 is 0 Å². The topological polar surface area (TPSA) is 102 Å². The van der Waals surface area contributed by atoms with Crippen molar-refractivity contribution in [2.45, 2.75) is 0 Å². The zero-order valence-electron chi connectivity index (χ0n) is 15.3. The average molecular weight is 370 g/mol. The summed E-state index contributed by atoms with van der Waals surface area (Å²) < 4.78 is 0. The van der Waals surface area contributed by atoms with Crippen molar-refractivity contribution in [2.75, 3.05) is 22.1 Å². The fourth-order valence-corrected chi connectivity index (χ4v) is 2.37. The first-order valence-corrected chi connectivity index (χ1v) is 8.77. The monoisotopic (exact) mass is 370 g/mol. The fraction of sp³-hybridized carbons (Fsp3) is 0. The molecule has 0 aliphatic rings. The molecule has 6 N–H and O–H groups in total. The highest BCUT2D eigenvalue weighted by atomic mass is 15.0. The Labute approximate surface area is 164 Å². The van der Waals surface area contributed by atoms with Gasteiger partial charge in [-0.3, -0.25) is 0 Å². The minimum Gasteiger partial charge on any atom is -0.396 e. The molecule has 4 rings (SSSR count). The van der Waals surface area contributed by atoms with Crippen LogP contribution in [0.5, 0.6) is 0 Å². The lowest BCUT2D eigenvalue weighted by Gasteiger charge is -2.12. The number of aromatic nitrogens is 2. The largest absolute Gasteiger partial charge is 0.396 e. The number of nitrogens with one attached hydrogen (secondary N) is 2. The van der Waals surface area contributed by atoms with E-state index in [2.05, 4.69) is 20.6 Å². The van der Waals surface area contributed by atoms with Crippen molar-refractivity contribution >= 4 is 34.4 Å². The molecule has 6 nitrogen and oxygen atoms in total. The van der Waals surface area contributed by atoms with Gasteiger partial charge in [0, 0.05) is 23.8 Å². The molecule has 0 aliphatic heterocycles. The molecule has 0 fully saturated rings. The van der Waals surface area contributed by atoms with Crippen molar-refractivity contribution in [3.63, 3.8) is 0 Å². The Morgan fingerprint density at radius 1 is 0.571 bits per heavy atom. The van der Waals surface area contributed by atoms with Crippen LogP contribution in [0.3, 0.4) is 0 Å². The molecule has 0 unspecified atom stereocenters. The number of pyridine rings is 2. The van der Waals surface area contributed by atoms with E-state index in [0.717, 1.165) is 22.9 Å². The number of nitrogen functional groups attached to an aromatic ring is 2. The maximum Gasteiger partial charge on any atom is 0.154 e. The van der Waals surface area contributed by atoms with Crippen LogP contribution in [0.25, 0.3) is 0 Å². The van der Waals surface area contributed by atoms with Crippen LogP contribution >= 0.6 is 0 Å². The lowest BCUT2D eigenvalue weighted by Crippen LogP contribution is -1.99. The Morgan fingerprint density at radius 3 is 1.71 bits per heavy atom. The van der Waals surface area contributed by atoms with Crippen LogP contribution in [0.1, 0.15) is 0 Å². The van der Waals surface area contributed by atoms with Crippen LogP contribution in [0.15, 0.2) is 97.3 Å². The Hall–Kier alpha value is -4.06. The second-order valence-corrected chi connectivity index (χ2v) is 5.86. The second-order valence-electron chi connectivity index (χ2n) is 5.86. The van der Waals surface area contributed by atoms with Gasteiger partial charge in [0.1, 0.15) is 5.82 Å². The lowest BCUT2D eigenvalue weighted by molar-refractivity contribution is 1.30. The summed E-state index contributed by atoms with van der Waals surface area (Å²) in [5.41, 5.74) is 14.2. The molecule has 28 heavy (non-hydrogen) atoms. The van der Waals surface area contributed by atoms with Crippen molar-refractivity contribution < 1.29 is 0 Å². The molecule has 2 heterocycles. The molecule has 0 saturated heterocycles. The van der Waals surface area contributed by atoms with Crippen LogP contribution in [0.2, 0.25) is 0 Å². The third-order valence-electron chi connectivity index (χ3n) is 3.77. The molecule has 2 aromatic carbocycles. The quantitative estimate of drug-likeness (QED) is 0.411. The number of para-hydroxylation sites is 2. The number of nitrogens with zero attached hydrogens (tertiary/aromatic N) is 2. The van der Waals surface area contributed by atoms with Gasteiger partial charge in [0.05, 0.1) is 11.4 Å². The van der Waals surface area contributed by atoms with Crippen LogP contribution in [-0.2, 0) is 0 Å². The molecule has 0 saturated carbocycles. The minimum absolute atomic E-state index is 0.396. The number of rotatable bonds is 4. The molecule has 0 amide bonds. The first-order valence-electron chi connectivity index (χ1n) is 8.77. The molecule has 0 atom stereocenters. The maximum atomic E-state index is 5.33. The molecular weight excluding hydrogens is 348 g/mol. The first-order chi connectivity index (χ1) is 13.7. The molecule has 0 aliphatic carbocycles. The van der Waals surface area contributed by atoms with Crippen LogP contribution in [0.4, 0.5) is 34.4 Å². The average Bonchev–Trinajstić information content (AvgIpc) is 2.74. The Kier molecular flexibility index (Phi) is 6.41. The number of anilines is 6. The lowest BCUT2D eigenvalue weighted by atomic mass is 10.3. The van der Waals surface area contributed by atoms with Gasteiger partial charge in [-0.15, -0.1) is 0 Å². The van der Waals surface area contributed by atoms with Crippen LogP contribution in [0, 0.1) is 0 Å². The standard InChI is InChI=1S/C17H15N3.C5H7N3/c1-3-8-14(9-4-1)19-16-12-7-13-18-17(16)20-15-10-5-2-6-11-15;6-4-2-1-3-8-5(4)7/h1-13,19H,(H,18,20);1-3H,6H2,(H2,7,8). The highest BCUT2D eigenvalue weighted by molar-refractivity contribution is 5.74. The smallest absolute Gasteiger partial charge is 0.154 e. The molecule has 6 heteroatoms. The van der Waals surface area contributed by atoms with Gasteiger partial charge in [-0.1, -0.05) is 36.4 Å². The van der Waals surface area contributed by atoms with E-state index in [1.807, 2.05) is 72.8 Å². The Bertz CT molecular complexity index is 908. The molecule has 4 aromatic rings. The van der Waals surface area contributed by atoms with Gasteiger partial charge in [0.25, 0.3) is 0 Å². The highest BCUT2D eigenvalue weighted by Crippen LogP contribution is 2.25. The Morgan fingerprint density at radius 2 is 1.14 bits per heavy atom. The van der Waals surface area contributed by atoms with E-state index in [9.17, 15) is 0 Å². The summed E-state index contributed by atoms with van der Waals surface area (Å²) in [6.45, 7) is 0. The van der Waals surface area contributed by atoms with E-state index in [4.69, 9.17) is 11.5 Å². The molecule has 0 radical (unpaired) electrons. The normalized spacial score (nSPS) is 9.71. The molecule has 0 spiro atoms.